The van der Waals surface area contributed by atoms with Crippen LogP contribution in [0.15, 0.2) is 48.5 Å². The second-order valence-electron chi connectivity index (χ2n) is 6.39. The molecule has 0 spiro atoms. The molecule has 0 radical (unpaired) electrons. The summed E-state index contributed by atoms with van der Waals surface area (Å²) in [6, 6.07) is 16.1. The van der Waals surface area contributed by atoms with Crippen LogP contribution in [0.4, 0.5) is 5.69 Å². The van der Waals surface area contributed by atoms with Gasteiger partial charge in [0, 0.05) is 25.3 Å². The number of amides is 1. The van der Waals surface area contributed by atoms with Gasteiger partial charge in [-0.2, -0.15) is 0 Å². The van der Waals surface area contributed by atoms with Gasteiger partial charge >= 0.3 is 0 Å². The fourth-order valence-electron chi connectivity index (χ4n) is 2.89. The van der Waals surface area contributed by atoms with Crippen LogP contribution >= 0.6 is 0 Å². The van der Waals surface area contributed by atoms with Crippen molar-refractivity contribution in [3.05, 3.63) is 59.7 Å². The first-order chi connectivity index (χ1) is 12.6. The molecular formula is C22H30N2O2. The van der Waals surface area contributed by atoms with Crippen molar-refractivity contribution in [1.29, 1.82) is 0 Å². The van der Waals surface area contributed by atoms with Gasteiger partial charge in [-0.3, -0.25) is 4.79 Å². The van der Waals surface area contributed by atoms with Gasteiger partial charge in [-0.05, 0) is 62.6 Å². The molecule has 0 heterocycles. The maximum absolute atomic E-state index is 12.5. The van der Waals surface area contributed by atoms with Crippen LogP contribution in [0, 0.1) is 6.92 Å². The number of benzene rings is 2. The summed E-state index contributed by atoms with van der Waals surface area (Å²) in [6.45, 7) is 10.7. The Morgan fingerprint density at radius 2 is 1.77 bits per heavy atom. The summed E-state index contributed by atoms with van der Waals surface area (Å²) in [5.41, 5.74) is 3.41. The first-order valence-corrected chi connectivity index (χ1v) is 9.42. The van der Waals surface area contributed by atoms with Crippen LogP contribution in [0.25, 0.3) is 0 Å². The number of anilines is 1. The molecule has 4 heteroatoms. The summed E-state index contributed by atoms with van der Waals surface area (Å²) in [5, 5.41) is 2.98. The van der Waals surface area contributed by atoms with Crippen molar-refractivity contribution in [2.75, 3.05) is 18.0 Å². The van der Waals surface area contributed by atoms with Gasteiger partial charge in [-0.15, -0.1) is 0 Å². The van der Waals surface area contributed by atoms with Crippen molar-refractivity contribution in [2.45, 2.75) is 46.8 Å². The minimum Gasteiger partial charge on any atom is -0.481 e. The number of nitrogens with zero attached hydrogens (tertiary/aromatic N) is 1. The van der Waals surface area contributed by atoms with E-state index in [0.717, 1.165) is 30.0 Å². The molecular weight excluding hydrogens is 324 g/mol. The molecule has 140 valence electrons. The lowest BCUT2D eigenvalue weighted by Crippen LogP contribution is -2.37. The van der Waals surface area contributed by atoms with Crippen molar-refractivity contribution in [3.63, 3.8) is 0 Å². The molecule has 0 aliphatic carbocycles. The zero-order valence-corrected chi connectivity index (χ0v) is 16.3. The lowest BCUT2D eigenvalue weighted by molar-refractivity contribution is -0.128. The number of carbonyl (C=O) groups excluding carboxylic acids is 1. The summed E-state index contributed by atoms with van der Waals surface area (Å²) in [6.07, 6.45) is 0.146. The van der Waals surface area contributed by atoms with E-state index < -0.39 is 6.10 Å². The Morgan fingerprint density at radius 1 is 1.08 bits per heavy atom. The van der Waals surface area contributed by atoms with E-state index in [0.29, 0.717) is 13.0 Å². The average molecular weight is 354 g/mol. The van der Waals surface area contributed by atoms with Gasteiger partial charge in [-0.1, -0.05) is 31.2 Å². The number of hydrogen-bond donors (Lipinski definition) is 1. The van der Waals surface area contributed by atoms with Gasteiger partial charge < -0.3 is 15.0 Å². The topological polar surface area (TPSA) is 41.6 Å². The number of rotatable bonds is 9. The first-order valence-electron chi connectivity index (χ1n) is 9.42. The van der Waals surface area contributed by atoms with Crippen molar-refractivity contribution in [3.8, 4) is 5.75 Å². The van der Waals surface area contributed by atoms with Crippen molar-refractivity contribution in [2.24, 2.45) is 0 Å². The molecule has 0 saturated heterocycles. The lowest BCUT2D eigenvalue weighted by atomic mass is 10.1. The van der Waals surface area contributed by atoms with Gasteiger partial charge in [-0.25, -0.2) is 0 Å². The fraction of sp³-hybridized carbons (Fsp3) is 0.409. The Balaban J connectivity index is 1.91. The van der Waals surface area contributed by atoms with Crippen molar-refractivity contribution in [1.82, 2.24) is 5.32 Å². The van der Waals surface area contributed by atoms with Gasteiger partial charge in [0.1, 0.15) is 5.75 Å². The third kappa shape index (κ3) is 5.51. The van der Waals surface area contributed by atoms with Gasteiger partial charge in [0.05, 0.1) is 0 Å². The smallest absolute Gasteiger partial charge is 0.261 e. The minimum atomic E-state index is -0.480. The fourth-order valence-corrected chi connectivity index (χ4v) is 2.89. The van der Waals surface area contributed by atoms with Gasteiger partial charge in [0.25, 0.3) is 5.91 Å². The number of carbonyl (C=O) groups is 1. The minimum absolute atomic E-state index is 0.0816. The van der Waals surface area contributed by atoms with E-state index in [1.165, 1.54) is 5.69 Å². The molecule has 0 fully saturated rings. The number of nitrogens with one attached hydrogen (secondary N) is 1. The molecule has 1 amide bonds. The number of hydrogen-bond acceptors (Lipinski definition) is 3. The van der Waals surface area contributed by atoms with Crippen LogP contribution in [0.1, 0.15) is 38.3 Å². The molecule has 0 saturated carbocycles. The molecule has 0 aromatic heterocycles. The van der Waals surface area contributed by atoms with E-state index in [1.54, 1.807) is 0 Å². The van der Waals surface area contributed by atoms with E-state index in [2.05, 4.69) is 48.3 Å². The largest absolute Gasteiger partial charge is 0.481 e. The van der Waals surface area contributed by atoms with Crippen LogP contribution in [-0.2, 0) is 11.3 Å². The molecule has 1 unspecified atom stereocenters. The van der Waals surface area contributed by atoms with E-state index in [-0.39, 0.29) is 5.91 Å². The van der Waals surface area contributed by atoms with Crippen LogP contribution < -0.4 is 15.0 Å². The zero-order valence-electron chi connectivity index (χ0n) is 16.3. The van der Waals surface area contributed by atoms with Crippen LogP contribution in [-0.4, -0.2) is 25.1 Å². The molecule has 4 nitrogen and oxygen atoms in total. The SMILES string of the molecule is CCC(Oc1cccc(C)c1)C(=O)NCc1ccc(N(CC)CC)cc1. The van der Waals surface area contributed by atoms with E-state index >= 15 is 0 Å². The summed E-state index contributed by atoms with van der Waals surface area (Å²) in [5.74, 6) is 0.650. The predicted octanol–water partition coefficient (Wildman–Crippen LogP) is 4.32. The predicted molar refractivity (Wildman–Crippen MR) is 108 cm³/mol. The lowest BCUT2D eigenvalue weighted by Gasteiger charge is -2.21. The molecule has 2 aromatic rings. The highest BCUT2D eigenvalue weighted by molar-refractivity contribution is 5.81. The third-order valence-electron chi connectivity index (χ3n) is 4.46. The highest BCUT2D eigenvalue weighted by Gasteiger charge is 2.18. The highest BCUT2D eigenvalue weighted by atomic mass is 16.5. The maximum atomic E-state index is 12.5. The Kier molecular flexibility index (Phi) is 7.52. The molecule has 1 N–H and O–H groups in total. The Hall–Kier alpha value is -2.49. The number of aryl methyl sites for hydroxylation is 1. The Bertz CT molecular complexity index is 694. The van der Waals surface area contributed by atoms with Gasteiger partial charge in [0.15, 0.2) is 6.10 Å². The van der Waals surface area contributed by atoms with Crippen molar-refractivity contribution < 1.29 is 9.53 Å². The van der Waals surface area contributed by atoms with E-state index in [9.17, 15) is 4.79 Å². The van der Waals surface area contributed by atoms with E-state index in [4.69, 9.17) is 4.74 Å². The van der Waals surface area contributed by atoms with Crippen LogP contribution in [0.5, 0.6) is 5.75 Å². The normalized spacial score (nSPS) is 11.7. The molecule has 26 heavy (non-hydrogen) atoms. The zero-order chi connectivity index (χ0) is 18.9. The average Bonchev–Trinajstić information content (AvgIpc) is 2.66. The monoisotopic (exact) mass is 354 g/mol. The molecule has 0 bridgehead atoms. The summed E-state index contributed by atoms with van der Waals surface area (Å²) in [4.78, 5) is 14.8. The highest BCUT2D eigenvalue weighted by Crippen LogP contribution is 2.17. The number of ether oxygens (including phenoxy) is 1. The second-order valence-corrected chi connectivity index (χ2v) is 6.39. The third-order valence-corrected chi connectivity index (χ3v) is 4.46. The second kappa shape index (κ2) is 9.85. The Labute approximate surface area is 157 Å². The summed E-state index contributed by atoms with van der Waals surface area (Å²) in [7, 11) is 0. The molecule has 0 aliphatic heterocycles. The van der Waals surface area contributed by atoms with Gasteiger partial charge in [0.2, 0.25) is 0 Å². The molecule has 2 rings (SSSR count). The van der Waals surface area contributed by atoms with Crippen LogP contribution in [0.3, 0.4) is 0 Å². The first kappa shape index (κ1) is 19.8. The quantitative estimate of drug-likeness (QED) is 0.729. The maximum Gasteiger partial charge on any atom is 0.261 e. The Morgan fingerprint density at radius 3 is 2.35 bits per heavy atom. The molecule has 0 aliphatic rings. The van der Waals surface area contributed by atoms with Crippen LogP contribution in [0.2, 0.25) is 0 Å². The molecule has 2 aromatic carbocycles. The summed E-state index contributed by atoms with van der Waals surface area (Å²) < 4.78 is 5.86. The van der Waals surface area contributed by atoms with E-state index in [1.807, 2.05) is 38.1 Å². The summed E-state index contributed by atoms with van der Waals surface area (Å²) >= 11 is 0. The van der Waals surface area contributed by atoms with Crippen molar-refractivity contribution >= 4 is 11.6 Å². The standard InChI is InChI=1S/C22H30N2O2/c1-5-21(26-20-10-8-9-17(4)15-20)22(25)23-16-18-11-13-19(14-12-18)24(6-2)7-3/h8-15,21H,5-7,16H2,1-4H3,(H,23,25). The molecule has 1 atom stereocenters.